The highest BCUT2D eigenvalue weighted by Crippen LogP contribution is 2.32. The summed E-state index contributed by atoms with van der Waals surface area (Å²) in [6.07, 6.45) is 1.82. The van der Waals surface area contributed by atoms with Gasteiger partial charge in [-0.05, 0) is 29.3 Å². The summed E-state index contributed by atoms with van der Waals surface area (Å²) >= 11 is 1.46. The molecule has 4 aromatic rings. The average Bonchev–Trinajstić information content (AvgIpc) is 3.33. The molecular weight excluding hydrogens is 404 g/mol. The van der Waals surface area contributed by atoms with Crippen LogP contribution in [-0.2, 0) is 6.61 Å². The van der Waals surface area contributed by atoms with Crippen molar-refractivity contribution < 1.29 is 9.47 Å². The largest absolute Gasteiger partial charge is 0.493 e. The first kappa shape index (κ1) is 20.4. The van der Waals surface area contributed by atoms with Crippen LogP contribution in [0.15, 0.2) is 84.2 Å². The maximum atomic E-state index is 9.70. The fourth-order valence-electron chi connectivity index (χ4n) is 3.08. The molecular formula is C26H20N2O2S. The lowest BCUT2D eigenvalue weighted by atomic mass is 10.1. The Bertz CT molecular complexity index is 1230. The smallest absolute Gasteiger partial charge is 0.161 e. The van der Waals surface area contributed by atoms with E-state index in [1.807, 2.05) is 90.3 Å². The summed E-state index contributed by atoms with van der Waals surface area (Å²) in [5.41, 5.74) is 4.33. The Hall–Kier alpha value is -3.88. The van der Waals surface area contributed by atoms with Crippen molar-refractivity contribution in [3.05, 3.63) is 100 Å². The maximum Gasteiger partial charge on any atom is 0.161 e. The Labute approximate surface area is 185 Å². The van der Waals surface area contributed by atoms with Gasteiger partial charge >= 0.3 is 0 Å². The van der Waals surface area contributed by atoms with Crippen LogP contribution in [0.4, 0.5) is 0 Å². The topological polar surface area (TPSA) is 55.1 Å². The van der Waals surface area contributed by atoms with Crippen molar-refractivity contribution in [3.8, 4) is 28.8 Å². The van der Waals surface area contributed by atoms with Gasteiger partial charge in [-0.3, -0.25) is 0 Å². The fourth-order valence-corrected chi connectivity index (χ4v) is 3.87. The molecule has 4 rings (SSSR count). The van der Waals surface area contributed by atoms with E-state index in [2.05, 4.69) is 11.1 Å². The van der Waals surface area contributed by atoms with Crippen LogP contribution in [0, 0.1) is 11.3 Å². The highest BCUT2D eigenvalue weighted by Gasteiger charge is 2.11. The summed E-state index contributed by atoms with van der Waals surface area (Å²) in [7, 11) is 1.61. The van der Waals surface area contributed by atoms with E-state index < -0.39 is 0 Å². The first-order valence-electron chi connectivity index (χ1n) is 9.74. The normalized spacial score (nSPS) is 11.0. The molecule has 0 spiro atoms. The molecule has 1 heterocycles. The first-order valence-corrected chi connectivity index (χ1v) is 10.6. The van der Waals surface area contributed by atoms with E-state index in [4.69, 9.17) is 9.47 Å². The number of hydrogen-bond acceptors (Lipinski definition) is 5. The average molecular weight is 425 g/mol. The standard InChI is InChI=1S/C26H20N2O2S/c1-29-25-15-20(12-13-24(25)30-17-19-8-4-2-5-9-19)14-22(16-27)26-28-23(18-31-26)21-10-6-3-7-11-21/h2-15,18H,17H2,1H3/b22-14-. The second kappa shape index (κ2) is 9.75. The minimum absolute atomic E-state index is 0.456. The Morgan fingerprint density at radius 2 is 1.74 bits per heavy atom. The van der Waals surface area contributed by atoms with Gasteiger partial charge in [-0.15, -0.1) is 11.3 Å². The van der Waals surface area contributed by atoms with Crippen LogP contribution in [0.3, 0.4) is 0 Å². The number of allylic oxidation sites excluding steroid dienone is 1. The highest BCUT2D eigenvalue weighted by molar-refractivity contribution is 7.11. The maximum absolute atomic E-state index is 9.70. The first-order chi connectivity index (χ1) is 15.3. The molecule has 5 heteroatoms. The zero-order valence-corrected chi connectivity index (χ0v) is 17.8. The number of ether oxygens (including phenoxy) is 2. The number of nitriles is 1. The summed E-state index contributed by atoms with van der Waals surface area (Å²) in [5.74, 6) is 1.27. The zero-order chi connectivity index (χ0) is 21.5. The molecule has 152 valence electrons. The van der Waals surface area contributed by atoms with Crippen LogP contribution >= 0.6 is 11.3 Å². The number of thiazole rings is 1. The van der Waals surface area contributed by atoms with Crippen molar-refractivity contribution in [1.29, 1.82) is 5.26 Å². The molecule has 0 aliphatic rings. The molecule has 0 unspecified atom stereocenters. The van der Waals surface area contributed by atoms with Gasteiger partial charge < -0.3 is 9.47 Å². The molecule has 31 heavy (non-hydrogen) atoms. The molecule has 0 aliphatic carbocycles. The number of aromatic nitrogens is 1. The quantitative estimate of drug-likeness (QED) is 0.319. The van der Waals surface area contributed by atoms with E-state index >= 15 is 0 Å². The third kappa shape index (κ3) is 5.00. The van der Waals surface area contributed by atoms with Gasteiger partial charge in [-0.1, -0.05) is 66.7 Å². The Kier molecular flexibility index (Phi) is 6.41. The molecule has 3 aromatic carbocycles. The van der Waals surface area contributed by atoms with Gasteiger partial charge in [0.2, 0.25) is 0 Å². The monoisotopic (exact) mass is 424 g/mol. The fraction of sp³-hybridized carbons (Fsp3) is 0.0769. The van der Waals surface area contributed by atoms with Crippen LogP contribution in [0.5, 0.6) is 11.5 Å². The summed E-state index contributed by atoms with van der Waals surface area (Å²) in [5, 5.41) is 12.4. The third-order valence-corrected chi connectivity index (χ3v) is 5.54. The molecule has 0 radical (unpaired) electrons. The number of rotatable bonds is 7. The van der Waals surface area contributed by atoms with Gasteiger partial charge in [-0.2, -0.15) is 5.26 Å². The number of nitrogens with zero attached hydrogens (tertiary/aromatic N) is 2. The van der Waals surface area contributed by atoms with Crippen molar-refractivity contribution in [1.82, 2.24) is 4.98 Å². The minimum Gasteiger partial charge on any atom is -0.493 e. The van der Waals surface area contributed by atoms with Gasteiger partial charge in [0, 0.05) is 10.9 Å². The molecule has 0 saturated carbocycles. The SMILES string of the molecule is COc1cc(/C=C(/C#N)c2nc(-c3ccccc3)cs2)ccc1OCc1ccccc1. The van der Waals surface area contributed by atoms with Crippen LogP contribution in [0.2, 0.25) is 0 Å². The summed E-state index contributed by atoms with van der Waals surface area (Å²) < 4.78 is 11.4. The van der Waals surface area contributed by atoms with Gasteiger partial charge in [0.1, 0.15) is 17.7 Å². The van der Waals surface area contributed by atoms with Gasteiger partial charge in [0.15, 0.2) is 11.5 Å². The van der Waals surface area contributed by atoms with Crippen molar-refractivity contribution >= 4 is 23.0 Å². The Morgan fingerprint density at radius 3 is 2.45 bits per heavy atom. The van der Waals surface area contributed by atoms with Crippen molar-refractivity contribution in [2.24, 2.45) is 0 Å². The predicted octanol–water partition coefficient (Wildman–Crippen LogP) is 6.46. The van der Waals surface area contributed by atoms with Crippen LogP contribution in [-0.4, -0.2) is 12.1 Å². The number of hydrogen-bond donors (Lipinski definition) is 0. The second-order valence-electron chi connectivity index (χ2n) is 6.76. The summed E-state index contributed by atoms with van der Waals surface area (Å²) in [4.78, 5) is 4.64. The molecule has 1 aromatic heterocycles. The van der Waals surface area contributed by atoms with Crippen molar-refractivity contribution in [3.63, 3.8) is 0 Å². The lowest BCUT2D eigenvalue weighted by Crippen LogP contribution is -1.97. The molecule has 0 aliphatic heterocycles. The summed E-state index contributed by atoms with van der Waals surface area (Å²) in [6.45, 7) is 0.456. The number of methoxy groups -OCH3 is 1. The van der Waals surface area contributed by atoms with E-state index in [9.17, 15) is 5.26 Å². The molecule has 0 saturated heterocycles. The molecule has 0 N–H and O–H groups in total. The van der Waals surface area contributed by atoms with Crippen LogP contribution in [0.1, 0.15) is 16.1 Å². The van der Waals surface area contributed by atoms with Gasteiger partial charge in [-0.25, -0.2) is 4.98 Å². The molecule has 0 bridgehead atoms. The van der Waals surface area contributed by atoms with Crippen LogP contribution in [0.25, 0.3) is 22.9 Å². The highest BCUT2D eigenvalue weighted by atomic mass is 32.1. The van der Waals surface area contributed by atoms with E-state index in [-0.39, 0.29) is 0 Å². The zero-order valence-electron chi connectivity index (χ0n) is 17.0. The van der Waals surface area contributed by atoms with E-state index in [0.717, 1.165) is 22.4 Å². The number of benzene rings is 3. The molecule has 0 atom stereocenters. The van der Waals surface area contributed by atoms with E-state index in [1.54, 1.807) is 7.11 Å². The molecule has 4 nitrogen and oxygen atoms in total. The Morgan fingerprint density at radius 1 is 1.00 bits per heavy atom. The molecule has 0 amide bonds. The molecule has 0 fully saturated rings. The van der Waals surface area contributed by atoms with E-state index in [0.29, 0.717) is 28.7 Å². The minimum atomic E-state index is 0.456. The van der Waals surface area contributed by atoms with Crippen molar-refractivity contribution in [2.75, 3.05) is 7.11 Å². The summed E-state index contributed by atoms with van der Waals surface area (Å²) in [6, 6.07) is 27.8. The lowest BCUT2D eigenvalue weighted by Gasteiger charge is -2.11. The van der Waals surface area contributed by atoms with Crippen LogP contribution < -0.4 is 9.47 Å². The lowest BCUT2D eigenvalue weighted by molar-refractivity contribution is 0.284. The Balaban J connectivity index is 1.55. The predicted molar refractivity (Wildman–Crippen MR) is 125 cm³/mol. The van der Waals surface area contributed by atoms with E-state index in [1.165, 1.54) is 11.3 Å². The van der Waals surface area contributed by atoms with Gasteiger partial charge in [0.25, 0.3) is 0 Å². The second-order valence-corrected chi connectivity index (χ2v) is 7.62. The van der Waals surface area contributed by atoms with Crippen molar-refractivity contribution in [2.45, 2.75) is 6.61 Å². The van der Waals surface area contributed by atoms with Gasteiger partial charge in [0.05, 0.1) is 18.4 Å². The third-order valence-electron chi connectivity index (χ3n) is 4.66.